The summed E-state index contributed by atoms with van der Waals surface area (Å²) in [6.45, 7) is 2.52. The van der Waals surface area contributed by atoms with Gasteiger partial charge in [0, 0.05) is 6.20 Å². The van der Waals surface area contributed by atoms with Crippen LogP contribution in [0.25, 0.3) is 10.2 Å². The fraction of sp³-hybridized carbons (Fsp3) is 0.150. The van der Waals surface area contributed by atoms with Gasteiger partial charge in [0.2, 0.25) is 0 Å². The summed E-state index contributed by atoms with van der Waals surface area (Å²) in [5, 5.41) is 2.63. The van der Waals surface area contributed by atoms with Gasteiger partial charge in [0.15, 0.2) is 5.13 Å². The van der Waals surface area contributed by atoms with Crippen LogP contribution in [0, 0.1) is 0 Å². The third-order valence-electron chi connectivity index (χ3n) is 4.13. The van der Waals surface area contributed by atoms with Crippen molar-refractivity contribution in [1.82, 2.24) is 9.97 Å². The van der Waals surface area contributed by atoms with E-state index in [0.29, 0.717) is 16.6 Å². The molecule has 1 amide bonds. The van der Waals surface area contributed by atoms with E-state index in [4.69, 9.17) is 4.98 Å². The van der Waals surface area contributed by atoms with Gasteiger partial charge in [-0.25, -0.2) is 4.98 Å². The third-order valence-corrected chi connectivity index (χ3v) is 6.03. The van der Waals surface area contributed by atoms with E-state index in [-0.39, 0.29) is 5.91 Å². The molecule has 26 heavy (non-hydrogen) atoms. The first-order chi connectivity index (χ1) is 12.8. The molecule has 0 atom stereocenters. The zero-order chi connectivity index (χ0) is 17.9. The molecule has 1 aromatic carbocycles. The van der Waals surface area contributed by atoms with Crippen LogP contribution in [0.15, 0.2) is 60.1 Å². The Kier molecular flexibility index (Phi) is 4.77. The van der Waals surface area contributed by atoms with Crippen molar-refractivity contribution in [3.05, 3.63) is 76.2 Å². The Labute approximate surface area is 159 Å². The molecule has 6 heteroatoms. The molecule has 4 rings (SSSR count). The van der Waals surface area contributed by atoms with Crippen LogP contribution in [0.1, 0.15) is 27.9 Å². The number of fused-ring (bicyclic) bond motifs is 1. The molecule has 130 valence electrons. The van der Waals surface area contributed by atoms with Crippen molar-refractivity contribution in [2.75, 3.05) is 4.90 Å². The Balaban J connectivity index is 1.78. The third kappa shape index (κ3) is 3.25. The lowest BCUT2D eigenvalue weighted by molar-refractivity contribution is 0.0988. The van der Waals surface area contributed by atoms with E-state index < -0.39 is 0 Å². The van der Waals surface area contributed by atoms with Crippen molar-refractivity contribution in [1.29, 1.82) is 0 Å². The number of benzene rings is 1. The van der Waals surface area contributed by atoms with Crippen molar-refractivity contribution in [3.8, 4) is 0 Å². The van der Waals surface area contributed by atoms with Crippen molar-refractivity contribution in [3.63, 3.8) is 0 Å². The number of carbonyl (C=O) groups is 1. The summed E-state index contributed by atoms with van der Waals surface area (Å²) in [5.41, 5.74) is 3.03. The van der Waals surface area contributed by atoms with Crippen LogP contribution in [-0.4, -0.2) is 15.9 Å². The van der Waals surface area contributed by atoms with Crippen LogP contribution in [0.2, 0.25) is 0 Å². The Hall–Kier alpha value is -2.57. The molecule has 0 spiro atoms. The Bertz CT molecular complexity index is 1030. The molecule has 0 N–H and O–H groups in total. The molecule has 0 unspecified atom stereocenters. The lowest BCUT2D eigenvalue weighted by Crippen LogP contribution is -2.30. The SMILES string of the molecule is CCc1cccc2sc(N(Cc3ccccn3)C(=O)c3cccs3)nc12. The molecular weight excluding hydrogens is 362 g/mol. The Morgan fingerprint density at radius 2 is 2.04 bits per heavy atom. The number of hydrogen-bond acceptors (Lipinski definition) is 5. The number of rotatable bonds is 5. The highest BCUT2D eigenvalue weighted by Crippen LogP contribution is 2.33. The predicted octanol–water partition coefficient (Wildman–Crippen LogP) is 5.16. The highest BCUT2D eigenvalue weighted by Gasteiger charge is 2.23. The maximum Gasteiger partial charge on any atom is 0.270 e. The van der Waals surface area contributed by atoms with E-state index >= 15 is 0 Å². The lowest BCUT2D eigenvalue weighted by Gasteiger charge is -2.18. The molecule has 4 nitrogen and oxygen atoms in total. The van der Waals surface area contributed by atoms with Crippen LogP contribution < -0.4 is 4.90 Å². The fourth-order valence-corrected chi connectivity index (χ4v) is 4.49. The molecular formula is C20H17N3OS2. The van der Waals surface area contributed by atoms with Crippen LogP contribution in [0.4, 0.5) is 5.13 Å². The quantitative estimate of drug-likeness (QED) is 0.481. The molecule has 3 heterocycles. The zero-order valence-corrected chi connectivity index (χ0v) is 15.9. The highest BCUT2D eigenvalue weighted by atomic mass is 32.1. The molecule has 0 fully saturated rings. The first kappa shape index (κ1) is 16.9. The fourth-order valence-electron chi connectivity index (χ4n) is 2.81. The molecule has 0 aliphatic heterocycles. The summed E-state index contributed by atoms with van der Waals surface area (Å²) in [6, 6.07) is 15.7. The zero-order valence-electron chi connectivity index (χ0n) is 14.3. The van der Waals surface area contributed by atoms with Gasteiger partial charge >= 0.3 is 0 Å². The van der Waals surface area contributed by atoms with E-state index in [2.05, 4.69) is 24.0 Å². The van der Waals surface area contributed by atoms with Crippen LogP contribution >= 0.6 is 22.7 Å². The van der Waals surface area contributed by atoms with Crippen molar-refractivity contribution in [2.45, 2.75) is 19.9 Å². The van der Waals surface area contributed by atoms with Gasteiger partial charge in [-0.2, -0.15) is 0 Å². The molecule has 0 saturated carbocycles. The van der Waals surface area contributed by atoms with E-state index in [1.807, 2.05) is 41.8 Å². The first-order valence-electron chi connectivity index (χ1n) is 8.40. The summed E-state index contributed by atoms with van der Waals surface area (Å²) in [7, 11) is 0. The van der Waals surface area contributed by atoms with Crippen molar-refractivity contribution in [2.24, 2.45) is 0 Å². The molecule has 0 radical (unpaired) electrons. The molecule has 0 bridgehead atoms. The second-order valence-electron chi connectivity index (χ2n) is 5.80. The standard InChI is InChI=1S/C20H17N3OS2/c1-2-14-7-5-9-16-18(14)22-20(26-16)23(13-15-8-3-4-11-21-15)19(24)17-10-6-12-25-17/h3-12H,2,13H2,1H3. The number of aryl methyl sites for hydroxylation is 1. The van der Waals surface area contributed by atoms with Gasteiger partial charge in [0.05, 0.1) is 27.3 Å². The number of aromatic nitrogens is 2. The predicted molar refractivity (Wildman–Crippen MR) is 108 cm³/mol. The number of pyridine rings is 1. The van der Waals surface area contributed by atoms with E-state index in [1.54, 1.807) is 22.4 Å². The number of anilines is 1. The number of thiazole rings is 1. The smallest absolute Gasteiger partial charge is 0.270 e. The van der Waals surface area contributed by atoms with Gasteiger partial charge < -0.3 is 0 Å². The molecule has 3 aromatic heterocycles. The van der Waals surface area contributed by atoms with E-state index in [1.165, 1.54) is 16.9 Å². The second-order valence-corrected chi connectivity index (χ2v) is 7.76. The summed E-state index contributed by atoms with van der Waals surface area (Å²) < 4.78 is 1.10. The monoisotopic (exact) mass is 379 g/mol. The van der Waals surface area contributed by atoms with E-state index in [9.17, 15) is 4.79 Å². The first-order valence-corrected chi connectivity index (χ1v) is 10.1. The van der Waals surface area contributed by atoms with Crippen LogP contribution in [0.5, 0.6) is 0 Å². The summed E-state index contributed by atoms with van der Waals surface area (Å²) >= 11 is 2.99. The van der Waals surface area contributed by atoms with Gasteiger partial charge in [-0.1, -0.05) is 42.5 Å². The second kappa shape index (κ2) is 7.35. The summed E-state index contributed by atoms with van der Waals surface area (Å²) in [6.07, 6.45) is 2.66. The molecule has 0 aliphatic rings. The van der Waals surface area contributed by atoms with Gasteiger partial charge in [-0.05, 0) is 41.6 Å². The maximum atomic E-state index is 13.1. The number of thiophene rings is 1. The Morgan fingerprint density at radius 3 is 2.77 bits per heavy atom. The molecule has 0 saturated heterocycles. The van der Waals surface area contributed by atoms with Gasteiger partial charge in [0.25, 0.3) is 5.91 Å². The molecule has 4 aromatic rings. The minimum absolute atomic E-state index is 0.0391. The molecule has 0 aliphatic carbocycles. The number of para-hydroxylation sites is 1. The van der Waals surface area contributed by atoms with Crippen molar-refractivity contribution >= 4 is 43.9 Å². The number of amides is 1. The van der Waals surface area contributed by atoms with Gasteiger partial charge in [-0.15, -0.1) is 11.3 Å². The summed E-state index contributed by atoms with van der Waals surface area (Å²) in [4.78, 5) is 24.7. The largest absolute Gasteiger partial charge is 0.277 e. The van der Waals surface area contributed by atoms with Gasteiger partial charge in [-0.3, -0.25) is 14.7 Å². The maximum absolute atomic E-state index is 13.1. The van der Waals surface area contributed by atoms with E-state index in [0.717, 1.165) is 22.3 Å². The average Bonchev–Trinajstić information content (AvgIpc) is 3.35. The minimum Gasteiger partial charge on any atom is -0.277 e. The van der Waals surface area contributed by atoms with Gasteiger partial charge in [0.1, 0.15) is 0 Å². The minimum atomic E-state index is -0.0391. The number of carbonyl (C=O) groups excluding carboxylic acids is 1. The average molecular weight is 380 g/mol. The lowest BCUT2D eigenvalue weighted by atomic mass is 10.1. The number of nitrogens with zero attached hydrogens (tertiary/aromatic N) is 3. The topological polar surface area (TPSA) is 46.1 Å². The van der Waals surface area contributed by atoms with Crippen LogP contribution in [-0.2, 0) is 13.0 Å². The Morgan fingerprint density at radius 1 is 1.12 bits per heavy atom. The van der Waals surface area contributed by atoms with Crippen LogP contribution in [0.3, 0.4) is 0 Å². The summed E-state index contributed by atoms with van der Waals surface area (Å²) in [5.74, 6) is -0.0391. The highest BCUT2D eigenvalue weighted by molar-refractivity contribution is 7.22. The normalized spacial score (nSPS) is 11.0. The van der Waals surface area contributed by atoms with Crippen molar-refractivity contribution < 1.29 is 4.79 Å². The number of hydrogen-bond donors (Lipinski definition) is 0.